The molecule has 3 aromatic rings. The molecule has 37 heavy (non-hydrogen) atoms. The lowest BCUT2D eigenvalue weighted by Gasteiger charge is -2.32. The minimum Gasteiger partial charge on any atom is -0.483 e. The molecule has 0 unspecified atom stereocenters. The van der Waals surface area contributed by atoms with Crippen molar-refractivity contribution in [2.75, 3.05) is 6.61 Å². The van der Waals surface area contributed by atoms with E-state index in [1.54, 1.807) is 4.90 Å². The van der Waals surface area contributed by atoms with Crippen molar-refractivity contribution in [2.45, 2.75) is 71.5 Å². The summed E-state index contributed by atoms with van der Waals surface area (Å²) in [6.07, 6.45) is 4.69. The van der Waals surface area contributed by atoms with Gasteiger partial charge in [0.25, 0.3) is 5.91 Å². The molecule has 0 aromatic heterocycles. The fraction of sp³-hybridized carbons (Fsp3) is 0.375. The van der Waals surface area contributed by atoms with Crippen molar-refractivity contribution in [3.8, 4) is 5.75 Å². The van der Waals surface area contributed by atoms with Crippen LogP contribution < -0.4 is 10.1 Å². The van der Waals surface area contributed by atoms with Crippen LogP contribution in [0.2, 0.25) is 0 Å². The Kier molecular flexibility index (Phi) is 8.99. The van der Waals surface area contributed by atoms with Crippen molar-refractivity contribution >= 4 is 11.8 Å². The molecule has 1 N–H and O–H groups in total. The molecule has 0 spiro atoms. The molecule has 1 aliphatic carbocycles. The maximum atomic E-state index is 13.8. The summed E-state index contributed by atoms with van der Waals surface area (Å²) in [5.74, 6) is 0.398. The molecule has 1 saturated carbocycles. The van der Waals surface area contributed by atoms with Gasteiger partial charge in [-0.1, -0.05) is 79.6 Å². The number of nitrogens with zero attached hydrogens (tertiary/aromatic N) is 1. The maximum absolute atomic E-state index is 13.8. The Morgan fingerprint density at radius 1 is 0.892 bits per heavy atom. The van der Waals surface area contributed by atoms with Gasteiger partial charge in [-0.05, 0) is 67.5 Å². The molecule has 0 aliphatic heterocycles. The maximum Gasteiger partial charge on any atom is 0.261 e. The third-order valence-corrected chi connectivity index (χ3v) is 7.48. The second-order valence-corrected chi connectivity index (χ2v) is 10.1. The van der Waals surface area contributed by atoms with Crippen LogP contribution in [0.15, 0.2) is 72.8 Å². The van der Waals surface area contributed by atoms with Gasteiger partial charge < -0.3 is 15.0 Å². The van der Waals surface area contributed by atoms with Crippen LogP contribution >= 0.6 is 0 Å². The molecule has 1 fully saturated rings. The Hall–Kier alpha value is -3.60. The largest absolute Gasteiger partial charge is 0.483 e. The number of hydrogen-bond acceptors (Lipinski definition) is 3. The molecular formula is C32H38N2O3. The van der Waals surface area contributed by atoms with E-state index >= 15 is 0 Å². The van der Waals surface area contributed by atoms with Crippen LogP contribution in [0.1, 0.15) is 53.5 Å². The summed E-state index contributed by atoms with van der Waals surface area (Å²) in [7, 11) is 0. The zero-order chi connectivity index (χ0) is 26.2. The molecule has 0 radical (unpaired) electrons. The van der Waals surface area contributed by atoms with Crippen LogP contribution in [0.4, 0.5) is 0 Å². The SMILES string of the molecule is Cc1ccccc1CN(C(=O)COc1cccc(C)c1C)[C@H](Cc1ccccc1)C(=O)NC1CCCC1. The summed E-state index contributed by atoms with van der Waals surface area (Å²) >= 11 is 0. The Balaban J connectivity index is 1.63. The highest BCUT2D eigenvalue weighted by atomic mass is 16.5. The van der Waals surface area contributed by atoms with Gasteiger partial charge in [0.05, 0.1) is 0 Å². The van der Waals surface area contributed by atoms with Crippen LogP contribution in [0, 0.1) is 20.8 Å². The topological polar surface area (TPSA) is 58.6 Å². The third-order valence-electron chi connectivity index (χ3n) is 7.48. The summed E-state index contributed by atoms with van der Waals surface area (Å²) in [5, 5.41) is 3.25. The Bertz CT molecular complexity index is 1200. The first-order chi connectivity index (χ1) is 17.9. The molecule has 0 bridgehead atoms. The zero-order valence-electron chi connectivity index (χ0n) is 22.2. The zero-order valence-corrected chi connectivity index (χ0v) is 22.2. The van der Waals surface area contributed by atoms with E-state index in [1.807, 2.05) is 93.6 Å². The lowest BCUT2D eigenvalue weighted by Crippen LogP contribution is -2.53. The first kappa shape index (κ1) is 26.5. The molecule has 5 nitrogen and oxygen atoms in total. The van der Waals surface area contributed by atoms with E-state index in [0.717, 1.165) is 53.5 Å². The Morgan fingerprint density at radius 3 is 2.30 bits per heavy atom. The van der Waals surface area contributed by atoms with Crippen molar-refractivity contribution in [3.63, 3.8) is 0 Å². The molecule has 5 heteroatoms. The fourth-order valence-corrected chi connectivity index (χ4v) is 5.00. The van der Waals surface area contributed by atoms with Crippen LogP contribution in [-0.4, -0.2) is 35.4 Å². The standard InChI is InChI=1S/C32H38N2O3/c1-23-13-11-19-30(25(23)3)37-22-31(35)34(21-27-16-8-7-12-24(27)2)29(20-26-14-5-4-6-15-26)32(36)33-28-17-9-10-18-28/h4-8,11-16,19,28-29H,9-10,17-18,20-22H2,1-3H3,(H,33,36)/t29-/m1/s1. The van der Waals surface area contributed by atoms with Crippen molar-refractivity contribution < 1.29 is 14.3 Å². The van der Waals surface area contributed by atoms with E-state index in [0.29, 0.717) is 18.7 Å². The Morgan fingerprint density at radius 2 is 1.57 bits per heavy atom. The molecule has 2 amide bonds. The summed E-state index contributed by atoms with van der Waals surface area (Å²) in [6, 6.07) is 23.3. The molecule has 1 atom stereocenters. The number of ether oxygens (including phenoxy) is 1. The van der Waals surface area contributed by atoms with E-state index < -0.39 is 6.04 Å². The van der Waals surface area contributed by atoms with E-state index in [9.17, 15) is 9.59 Å². The van der Waals surface area contributed by atoms with Gasteiger partial charge in [-0.2, -0.15) is 0 Å². The lowest BCUT2D eigenvalue weighted by atomic mass is 10.0. The van der Waals surface area contributed by atoms with E-state index in [2.05, 4.69) is 5.32 Å². The van der Waals surface area contributed by atoms with Gasteiger partial charge in [-0.3, -0.25) is 9.59 Å². The summed E-state index contributed by atoms with van der Waals surface area (Å²) < 4.78 is 6.02. The predicted molar refractivity (Wildman–Crippen MR) is 147 cm³/mol. The minimum atomic E-state index is -0.641. The van der Waals surface area contributed by atoms with Gasteiger partial charge in [-0.25, -0.2) is 0 Å². The number of benzene rings is 3. The van der Waals surface area contributed by atoms with Gasteiger partial charge in [0.15, 0.2) is 6.61 Å². The average molecular weight is 499 g/mol. The average Bonchev–Trinajstić information content (AvgIpc) is 3.41. The molecule has 1 aliphatic rings. The fourth-order valence-electron chi connectivity index (χ4n) is 5.00. The third kappa shape index (κ3) is 7.00. The second-order valence-electron chi connectivity index (χ2n) is 10.1. The van der Waals surface area contributed by atoms with Gasteiger partial charge in [0.1, 0.15) is 11.8 Å². The van der Waals surface area contributed by atoms with Crippen molar-refractivity contribution in [3.05, 3.63) is 101 Å². The minimum absolute atomic E-state index is 0.0931. The van der Waals surface area contributed by atoms with Crippen LogP contribution in [0.25, 0.3) is 0 Å². The number of hydrogen-bond donors (Lipinski definition) is 1. The van der Waals surface area contributed by atoms with Crippen molar-refractivity contribution in [2.24, 2.45) is 0 Å². The number of carbonyl (C=O) groups excluding carboxylic acids is 2. The second kappa shape index (κ2) is 12.6. The smallest absolute Gasteiger partial charge is 0.261 e. The highest BCUT2D eigenvalue weighted by molar-refractivity contribution is 5.88. The molecule has 194 valence electrons. The van der Waals surface area contributed by atoms with Crippen LogP contribution in [0.3, 0.4) is 0 Å². The van der Waals surface area contributed by atoms with Crippen molar-refractivity contribution in [1.29, 1.82) is 0 Å². The van der Waals surface area contributed by atoms with Crippen LogP contribution in [-0.2, 0) is 22.6 Å². The molecule has 3 aromatic carbocycles. The van der Waals surface area contributed by atoms with Gasteiger partial charge >= 0.3 is 0 Å². The van der Waals surface area contributed by atoms with Gasteiger partial charge in [0.2, 0.25) is 5.91 Å². The lowest BCUT2D eigenvalue weighted by molar-refractivity contribution is -0.143. The number of amides is 2. The van der Waals surface area contributed by atoms with E-state index in [1.165, 1.54) is 0 Å². The summed E-state index contributed by atoms with van der Waals surface area (Å²) in [4.78, 5) is 29.3. The monoisotopic (exact) mass is 498 g/mol. The van der Waals surface area contributed by atoms with Gasteiger partial charge in [-0.15, -0.1) is 0 Å². The van der Waals surface area contributed by atoms with E-state index in [-0.39, 0.29) is 24.5 Å². The highest BCUT2D eigenvalue weighted by Gasteiger charge is 2.32. The van der Waals surface area contributed by atoms with Crippen LogP contribution in [0.5, 0.6) is 5.75 Å². The highest BCUT2D eigenvalue weighted by Crippen LogP contribution is 2.23. The quantitative estimate of drug-likeness (QED) is 0.391. The first-order valence-corrected chi connectivity index (χ1v) is 13.3. The summed E-state index contributed by atoms with van der Waals surface area (Å²) in [5.41, 5.74) is 5.26. The molecule has 0 saturated heterocycles. The normalized spacial score (nSPS) is 14.2. The van der Waals surface area contributed by atoms with Crippen molar-refractivity contribution in [1.82, 2.24) is 10.2 Å². The number of nitrogens with one attached hydrogen (secondary N) is 1. The number of carbonyl (C=O) groups is 2. The molecule has 0 heterocycles. The predicted octanol–water partition coefficient (Wildman–Crippen LogP) is 5.69. The molecular weight excluding hydrogens is 460 g/mol. The first-order valence-electron chi connectivity index (χ1n) is 13.3. The van der Waals surface area contributed by atoms with E-state index in [4.69, 9.17) is 4.74 Å². The van der Waals surface area contributed by atoms with Gasteiger partial charge in [0, 0.05) is 19.0 Å². The Labute approximate surface area is 220 Å². The molecule has 4 rings (SSSR count). The number of aryl methyl sites for hydroxylation is 2. The number of rotatable bonds is 10. The summed E-state index contributed by atoms with van der Waals surface area (Å²) in [6.45, 7) is 6.27.